The van der Waals surface area contributed by atoms with Gasteiger partial charge in [-0.2, -0.15) is 13.2 Å². The molecule has 1 atom stereocenters. The van der Waals surface area contributed by atoms with Gasteiger partial charge in [0.05, 0.1) is 12.8 Å². The molecular formula is C17H16F3N3O. The molecule has 24 heavy (non-hydrogen) atoms. The van der Waals surface area contributed by atoms with E-state index in [-0.39, 0.29) is 12.1 Å². The van der Waals surface area contributed by atoms with Crippen molar-refractivity contribution in [3.8, 4) is 5.75 Å². The van der Waals surface area contributed by atoms with Gasteiger partial charge in [-0.05, 0) is 29.8 Å². The number of ether oxygens (including phenoxy) is 1. The van der Waals surface area contributed by atoms with E-state index >= 15 is 0 Å². The van der Waals surface area contributed by atoms with Crippen LogP contribution in [0.2, 0.25) is 0 Å². The molecule has 0 bridgehead atoms. The Bertz CT molecular complexity index is 779. The second kappa shape index (κ2) is 6.52. The van der Waals surface area contributed by atoms with Crippen LogP contribution in [-0.2, 0) is 6.54 Å². The fraction of sp³-hybridized carbons (Fsp3) is 0.235. The highest BCUT2D eigenvalue weighted by Gasteiger charge is 2.40. The fourth-order valence-electron chi connectivity index (χ4n) is 2.50. The van der Waals surface area contributed by atoms with Gasteiger partial charge in [0, 0.05) is 18.9 Å². The van der Waals surface area contributed by atoms with Gasteiger partial charge in [-0.3, -0.25) is 5.32 Å². The lowest BCUT2D eigenvalue weighted by Crippen LogP contribution is -2.33. The normalized spacial score (nSPS) is 13.2. The Balaban J connectivity index is 1.79. The summed E-state index contributed by atoms with van der Waals surface area (Å²) in [5.41, 5.74) is 1.37. The number of alkyl halides is 3. The van der Waals surface area contributed by atoms with Crippen molar-refractivity contribution in [2.75, 3.05) is 7.11 Å². The molecule has 1 aromatic carbocycles. The van der Waals surface area contributed by atoms with Gasteiger partial charge in [0.15, 0.2) is 0 Å². The van der Waals surface area contributed by atoms with E-state index in [0.717, 1.165) is 0 Å². The fourth-order valence-corrected chi connectivity index (χ4v) is 2.50. The van der Waals surface area contributed by atoms with Gasteiger partial charge in [-0.15, -0.1) is 0 Å². The average molecular weight is 335 g/mol. The molecule has 1 N–H and O–H groups in total. The zero-order valence-electron chi connectivity index (χ0n) is 12.9. The Morgan fingerprint density at radius 2 is 1.92 bits per heavy atom. The van der Waals surface area contributed by atoms with Crippen LogP contribution in [0.25, 0.3) is 5.65 Å². The summed E-state index contributed by atoms with van der Waals surface area (Å²) in [6, 6.07) is 9.54. The lowest BCUT2D eigenvalue weighted by Gasteiger charge is -2.22. The van der Waals surface area contributed by atoms with Gasteiger partial charge in [-0.25, -0.2) is 4.98 Å². The number of aromatic nitrogens is 2. The third-order valence-corrected chi connectivity index (χ3v) is 3.68. The number of methoxy groups -OCH3 is 1. The molecule has 3 rings (SSSR count). The number of halogens is 3. The molecule has 0 radical (unpaired) electrons. The minimum atomic E-state index is -4.41. The van der Waals surface area contributed by atoms with Crippen LogP contribution in [0.15, 0.2) is 54.9 Å². The van der Waals surface area contributed by atoms with Crippen molar-refractivity contribution < 1.29 is 17.9 Å². The average Bonchev–Trinajstić information content (AvgIpc) is 2.97. The van der Waals surface area contributed by atoms with Gasteiger partial charge in [-0.1, -0.05) is 18.2 Å². The van der Waals surface area contributed by atoms with Crippen molar-refractivity contribution in [1.29, 1.82) is 0 Å². The largest absolute Gasteiger partial charge is 0.497 e. The number of nitrogens with one attached hydrogen (secondary N) is 1. The summed E-state index contributed by atoms with van der Waals surface area (Å²) in [6.07, 6.45) is -0.895. The maximum absolute atomic E-state index is 13.4. The SMILES string of the molecule is COc1ccc(C(NCc2cn3ccccc3n2)C(F)(F)F)cc1. The first-order valence-corrected chi connectivity index (χ1v) is 7.34. The summed E-state index contributed by atoms with van der Waals surface area (Å²) in [7, 11) is 1.47. The molecule has 7 heteroatoms. The van der Waals surface area contributed by atoms with Crippen LogP contribution in [0, 0.1) is 0 Å². The van der Waals surface area contributed by atoms with Crippen LogP contribution in [0.5, 0.6) is 5.75 Å². The summed E-state index contributed by atoms with van der Waals surface area (Å²) in [6.45, 7) is 0.0118. The van der Waals surface area contributed by atoms with E-state index in [2.05, 4.69) is 10.3 Å². The number of imidazole rings is 1. The molecule has 0 saturated heterocycles. The number of fused-ring (bicyclic) bond motifs is 1. The van der Waals surface area contributed by atoms with E-state index in [1.807, 2.05) is 12.1 Å². The molecular weight excluding hydrogens is 319 g/mol. The Hall–Kier alpha value is -2.54. The van der Waals surface area contributed by atoms with E-state index in [9.17, 15) is 13.2 Å². The first kappa shape index (κ1) is 16.3. The highest BCUT2D eigenvalue weighted by Crippen LogP contribution is 2.33. The summed E-state index contributed by atoms with van der Waals surface area (Å²) in [5, 5.41) is 2.55. The highest BCUT2D eigenvalue weighted by molar-refractivity contribution is 5.39. The van der Waals surface area contributed by atoms with Crippen LogP contribution in [0.3, 0.4) is 0 Å². The number of hydrogen-bond acceptors (Lipinski definition) is 3. The van der Waals surface area contributed by atoms with Crippen molar-refractivity contribution in [2.45, 2.75) is 18.8 Å². The van der Waals surface area contributed by atoms with Gasteiger partial charge >= 0.3 is 6.18 Å². The molecule has 0 amide bonds. The molecule has 2 heterocycles. The number of benzene rings is 1. The van der Waals surface area contributed by atoms with Crippen LogP contribution in [0.1, 0.15) is 17.3 Å². The molecule has 0 aliphatic carbocycles. The highest BCUT2D eigenvalue weighted by atomic mass is 19.4. The van der Waals surface area contributed by atoms with E-state index in [1.165, 1.54) is 31.4 Å². The topological polar surface area (TPSA) is 38.6 Å². The number of nitrogens with zero attached hydrogens (tertiary/aromatic N) is 2. The third kappa shape index (κ3) is 3.51. The first-order chi connectivity index (χ1) is 11.5. The number of pyridine rings is 1. The van der Waals surface area contributed by atoms with Crippen LogP contribution >= 0.6 is 0 Å². The molecule has 0 aliphatic rings. The maximum Gasteiger partial charge on any atom is 0.407 e. The molecule has 0 fully saturated rings. The van der Waals surface area contributed by atoms with Crippen molar-refractivity contribution in [2.24, 2.45) is 0 Å². The summed E-state index contributed by atoms with van der Waals surface area (Å²) < 4.78 is 46.9. The second-order valence-corrected chi connectivity index (χ2v) is 5.33. The van der Waals surface area contributed by atoms with Gasteiger partial charge in [0.2, 0.25) is 0 Å². The van der Waals surface area contributed by atoms with E-state index in [4.69, 9.17) is 4.74 Å². The minimum Gasteiger partial charge on any atom is -0.497 e. The Morgan fingerprint density at radius 3 is 2.54 bits per heavy atom. The second-order valence-electron chi connectivity index (χ2n) is 5.33. The summed E-state index contributed by atoms with van der Waals surface area (Å²) in [5.74, 6) is 0.514. The van der Waals surface area contributed by atoms with E-state index in [0.29, 0.717) is 17.1 Å². The van der Waals surface area contributed by atoms with Crippen molar-refractivity contribution in [1.82, 2.24) is 14.7 Å². The van der Waals surface area contributed by atoms with E-state index in [1.54, 1.807) is 22.9 Å². The van der Waals surface area contributed by atoms with Gasteiger partial charge in [0.25, 0.3) is 0 Å². The molecule has 1 unspecified atom stereocenters. The maximum atomic E-state index is 13.4. The van der Waals surface area contributed by atoms with Crippen molar-refractivity contribution in [3.05, 3.63) is 66.1 Å². The van der Waals surface area contributed by atoms with E-state index < -0.39 is 12.2 Å². The van der Waals surface area contributed by atoms with Crippen LogP contribution in [0.4, 0.5) is 13.2 Å². The van der Waals surface area contributed by atoms with Crippen LogP contribution < -0.4 is 10.1 Å². The smallest absolute Gasteiger partial charge is 0.407 e. The quantitative estimate of drug-likeness (QED) is 0.772. The minimum absolute atomic E-state index is 0.0118. The monoisotopic (exact) mass is 335 g/mol. The van der Waals surface area contributed by atoms with Crippen molar-refractivity contribution >= 4 is 5.65 Å². The standard InChI is InChI=1S/C17H16F3N3O/c1-24-14-7-5-12(6-8-14)16(17(18,19)20)21-10-13-11-23-9-3-2-4-15(23)22-13/h2-9,11,16,21H,10H2,1H3. The Kier molecular flexibility index (Phi) is 4.44. The predicted octanol–water partition coefficient (Wildman–Crippen LogP) is 3.74. The van der Waals surface area contributed by atoms with Gasteiger partial charge < -0.3 is 9.14 Å². The molecule has 2 aromatic heterocycles. The van der Waals surface area contributed by atoms with Crippen LogP contribution in [-0.4, -0.2) is 22.7 Å². The predicted molar refractivity (Wildman–Crippen MR) is 83.8 cm³/mol. The summed E-state index contributed by atoms with van der Waals surface area (Å²) >= 11 is 0. The zero-order valence-corrected chi connectivity index (χ0v) is 12.9. The zero-order chi connectivity index (χ0) is 17.2. The lowest BCUT2D eigenvalue weighted by molar-refractivity contribution is -0.158. The molecule has 3 aromatic rings. The first-order valence-electron chi connectivity index (χ1n) is 7.34. The van der Waals surface area contributed by atoms with Crippen molar-refractivity contribution in [3.63, 3.8) is 0 Å². The Morgan fingerprint density at radius 1 is 1.17 bits per heavy atom. The summed E-state index contributed by atoms with van der Waals surface area (Å²) in [4.78, 5) is 4.30. The molecule has 4 nitrogen and oxygen atoms in total. The molecule has 0 spiro atoms. The Labute approximate surface area is 136 Å². The molecule has 0 aliphatic heterocycles. The molecule has 126 valence electrons. The third-order valence-electron chi connectivity index (χ3n) is 3.68. The number of hydrogen-bond donors (Lipinski definition) is 1. The lowest BCUT2D eigenvalue weighted by atomic mass is 10.1. The van der Waals surface area contributed by atoms with Gasteiger partial charge in [0.1, 0.15) is 17.4 Å². The number of rotatable bonds is 5. The molecule has 0 saturated carbocycles.